The Hall–Kier alpha value is -0.690. The molecule has 0 aliphatic carbocycles. The first kappa shape index (κ1) is 9.85. The van der Waals surface area contributed by atoms with E-state index >= 15 is 0 Å². The van der Waals surface area contributed by atoms with Crippen LogP contribution in [0.1, 0.15) is 32.3 Å². The van der Waals surface area contributed by atoms with Crippen molar-refractivity contribution in [3.63, 3.8) is 0 Å². The Kier molecular flexibility index (Phi) is 2.97. The maximum Gasteiger partial charge on any atom is 0.0147 e. The van der Waals surface area contributed by atoms with Gasteiger partial charge in [0.25, 0.3) is 0 Å². The van der Waals surface area contributed by atoms with Crippen molar-refractivity contribution in [3.8, 4) is 0 Å². The molecule has 2 rings (SSSR count). The second-order valence-corrected chi connectivity index (χ2v) is 4.84. The quantitative estimate of drug-likeness (QED) is 0.654. The van der Waals surface area contributed by atoms with Crippen LogP contribution in [0.2, 0.25) is 0 Å². The van der Waals surface area contributed by atoms with Crippen LogP contribution >= 0.6 is 11.8 Å². The van der Waals surface area contributed by atoms with Crippen LogP contribution in [0.3, 0.4) is 0 Å². The average Bonchev–Trinajstić information content (AvgIpc) is 2.27. The van der Waals surface area contributed by atoms with E-state index in [0.717, 1.165) is 0 Å². The highest BCUT2D eigenvalue weighted by atomic mass is 32.2. The Morgan fingerprint density at radius 1 is 1.36 bits per heavy atom. The first-order valence-electron chi connectivity index (χ1n) is 5.23. The first-order valence-corrected chi connectivity index (χ1v) is 6.22. The summed E-state index contributed by atoms with van der Waals surface area (Å²) in [5.74, 6) is 1.24. The average molecular weight is 204 g/mol. The lowest BCUT2D eigenvalue weighted by Crippen LogP contribution is -1.99. The van der Waals surface area contributed by atoms with Crippen LogP contribution in [0, 0.1) is 0 Å². The number of allylic oxidation sites excluding steroid dienone is 2. The van der Waals surface area contributed by atoms with Crippen LogP contribution < -0.4 is 0 Å². The standard InChI is InChI=1S/C13H16S/c1-3-10(2)11-8-9-14-13-7-5-4-6-12(11)13/h4-7H,3,8-9H2,1-2H3/b11-10-. The summed E-state index contributed by atoms with van der Waals surface area (Å²) in [7, 11) is 0. The predicted octanol–water partition coefficient (Wildman–Crippen LogP) is 4.37. The van der Waals surface area contributed by atoms with Crippen molar-refractivity contribution >= 4 is 17.3 Å². The van der Waals surface area contributed by atoms with Crippen LogP contribution in [-0.2, 0) is 0 Å². The number of hydrogen-bond acceptors (Lipinski definition) is 1. The van der Waals surface area contributed by atoms with Crippen molar-refractivity contribution < 1.29 is 0 Å². The highest BCUT2D eigenvalue weighted by Gasteiger charge is 2.14. The number of thioether (sulfide) groups is 1. The van der Waals surface area contributed by atoms with Gasteiger partial charge in [0.15, 0.2) is 0 Å². The van der Waals surface area contributed by atoms with Crippen molar-refractivity contribution in [2.45, 2.75) is 31.6 Å². The van der Waals surface area contributed by atoms with Gasteiger partial charge in [-0.15, -0.1) is 11.8 Å². The summed E-state index contributed by atoms with van der Waals surface area (Å²) in [4.78, 5) is 1.46. The van der Waals surface area contributed by atoms with Crippen LogP contribution in [-0.4, -0.2) is 5.75 Å². The van der Waals surface area contributed by atoms with Gasteiger partial charge < -0.3 is 0 Å². The van der Waals surface area contributed by atoms with Gasteiger partial charge in [-0.05, 0) is 37.0 Å². The molecule has 0 N–H and O–H groups in total. The van der Waals surface area contributed by atoms with Gasteiger partial charge in [0.2, 0.25) is 0 Å². The number of rotatable bonds is 1. The summed E-state index contributed by atoms with van der Waals surface area (Å²) in [6.07, 6.45) is 2.41. The maximum absolute atomic E-state index is 2.27. The molecule has 0 amide bonds. The molecule has 0 atom stereocenters. The fourth-order valence-electron chi connectivity index (χ4n) is 1.90. The molecule has 0 saturated heterocycles. The van der Waals surface area contributed by atoms with E-state index < -0.39 is 0 Å². The van der Waals surface area contributed by atoms with E-state index in [1.165, 1.54) is 29.1 Å². The van der Waals surface area contributed by atoms with Crippen molar-refractivity contribution in [2.75, 3.05) is 5.75 Å². The molecule has 1 aliphatic rings. The minimum absolute atomic E-state index is 1.17. The Morgan fingerprint density at radius 3 is 2.93 bits per heavy atom. The summed E-state index contributed by atoms with van der Waals surface area (Å²) in [5, 5.41) is 0. The maximum atomic E-state index is 2.27. The van der Waals surface area contributed by atoms with Gasteiger partial charge in [-0.25, -0.2) is 0 Å². The molecule has 1 aromatic rings. The first-order chi connectivity index (χ1) is 6.83. The van der Waals surface area contributed by atoms with Crippen molar-refractivity contribution in [2.24, 2.45) is 0 Å². The number of hydrogen-bond donors (Lipinski definition) is 0. The zero-order chi connectivity index (χ0) is 9.97. The molecule has 1 heteroatoms. The zero-order valence-corrected chi connectivity index (χ0v) is 9.66. The third-order valence-electron chi connectivity index (χ3n) is 2.87. The SMILES string of the molecule is CC/C(C)=C1/CCSc2ccccc21. The molecule has 1 heterocycles. The second kappa shape index (κ2) is 4.22. The summed E-state index contributed by atoms with van der Waals surface area (Å²) in [5.41, 5.74) is 4.61. The third-order valence-corrected chi connectivity index (χ3v) is 3.94. The van der Waals surface area contributed by atoms with Crippen molar-refractivity contribution in [1.82, 2.24) is 0 Å². The Morgan fingerprint density at radius 2 is 2.14 bits per heavy atom. The summed E-state index contributed by atoms with van der Waals surface area (Å²) in [6, 6.07) is 8.78. The molecule has 1 aliphatic heterocycles. The fraction of sp³-hybridized carbons (Fsp3) is 0.385. The molecule has 14 heavy (non-hydrogen) atoms. The van der Waals surface area contributed by atoms with E-state index in [4.69, 9.17) is 0 Å². The Balaban J connectivity index is 2.51. The predicted molar refractivity (Wildman–Crippen MR) is 64.7 cm³/mol. The van der Waals surface area contributed by atoms with Crippen molar-refractivity contribution in [1.29, 1.82) is 0 Å². The molecule has 0 bridgehead atoms. The molecule has 0 nitrogen and oxygen atoms in total. The van der Waals surface area contributed by atoms with Gasteiger partial charge in [-0.3, -0.25) is 0 Å². The zero-order valence-electron chi connectivity index (χ0n) is 8.84. The normalized spacial score (nSPS) is 19.0. The van der Waals surface area contributed by atoms with E-state index in [1.54, 1.807) is 11.1 Å². The smallest absolute Gasteiger partial charge is 0.0147 e. The molecule has 0 saturated carbocycles. The van der Waals surface area contributed by atoms with Gasteiger partial charge in [-0.2, -0.15) is 0 Å². The summed E-state index contributed by atoms with van der Waals surface area (Å²) in [6.45, 7) is 4.51. The van der Waals surface area contributed by atoms with Gasteiger partial charge >= 0.3 is 0 Å². The Labute approximate surface area is 90.4 Å². The van der Waals surface area contributed by atoms with E-state index in [9.17, 15) is 0 Å². The number of fused-ring (bicyclic) bond motifs is 1. The molecule has 0 unspecified atom stereocenters. The topological polar surface area (TPSA) is 0 Å². The molecule has 0 spiro atoms. The van der Waals surface area contributed by atoms with E-state index in [1.807, 2.05) is 11.8 Å². The highest BCUT2D eigenvalue weighted by Crippen LogP contribution is 2.38. The van der Waals surface area contributed by atoms with E-state index in [2.05, 4.69) is 38.1 Å². The van der Waals surface area contributed by atoms with Gasteiger partial charge in [0.1, 0.15) is 0 Å². The number of benzene rings is 1. The molecular formula is C13H16S. The summed E-state index contributed by atoms with van der Waals surface area (Å²) < 4.78 is 0. The second-order valence-electron chi connectivity index (χ2n) is 3.71. The van der Waals surface area contributed by atoms with Crippen LogP contribution in [0.4, 0.5) is 0 Å². The van der Waals surface area contributed by atoms with E-state index in [-0.39, 0.29) is 0 Å². The molecule has 1 aromatic carbocycles. The van der Waals surface area contributed by atoms with Crippen LogP contribution in [0.25, 0.3) is 5.57 Å². The Bertz CT molecular complexity index is 363. The highest BCUT2D eigenvalue weighted by molar-refractivity contribution is 7.99. The lowest BCUT2D eigenvalue weighted by molar-refractivity contribution is 1.06. The minimum Gasteiger partial charge on any atom is -0.125 e. The van der Waals surface area contributed by atoms with Crippen molar-refractivity contribution in [3.05, 3.63) is 35.4 Å². The summed E-state index contributed by atoms with van der Waals surface area (Å²) >= 11 is 1.99. The van der Waals surface area contributed by atoms with Gasteiger partial charge in [0, 0.05) is 10.6 Å². The van der Waals surface area contributed by atoms with E-state index in [0.29, 0.717) is 0 Å². The fourth-order valence-corrected chi connectivity index (χ4v) is 2.94. The lowest BCUT2D eigenvalue weighted by Gasteiger charge is -2.20. The third kappa shape index (κ3) is 1.74. The van der Waals surface area contributed by atoms with Gasteiger partial charge in [0.05, 0.1) is 0 Å². The monoisotopic (exact) mass is 204 g/mol. The lowest BCUT2D eigenvalue weighted by atomic mass is 9.96. The van der Waals surface area contributed by atoms with Gasteiger partial charge in [-0.1, -0.05) is 30.7 Å². The molecule has 0 aromatic heterocycles. The molecule has 74 valence electrons. The minimum atomic E-state index is 1.17. The van der Waals surface area contributed by atoms with Crippen LogP contribution in [0.15, 0.2) is 34.7 Å². The molecule has 0 radical (unpaired) electrons. The van der Waals surface area contributed by atoms with Crippen LogP contribution in [0.5, 0.6) is 0 Å². The molecule has 0 fully saturated rings. The largest absolute Gasteiger partial charge is 0.125 e. The molecular weight excluding hydrogens is 188 g/mol.